The van der Waals surface area contributed by atoms with Crippen molar-refractivity contribution in [2.24, 2.45) is 0 Å². The monoisotopic (exact) mass is 407 g/mol. The van der Waals surface area contributed by atoms with Crippen molar-refractivity contribution in [1.82, 2.24) is 14.9 Å². The molecule has 2 heterocycles. The summed E-state index contributed by atoms with van der Waals surface area (Å²) in [6.07, 6.45) is 2.25. The first-order valence-corrected chi connectivity index (χ1v) is 10.7. The van der Waals surface area contributed by atoms with E-state index in [1.165, 1.54) is 0 Å². The van der Waals surface area contributed by atoms with Gasteiger partial charge in [-0.25, -0.2) is 4.98 Å². The van der Waals surface area contributed by atoms with Crippen LogP contribution in [0.4, 0.5) is 0 Å². The summed E-state index contributed by atoms with van der Waals surface area (Å²) in [6.45, 7) is 6.60. The Hall–Kier alpha value is -2.86. The van der Waals surface area contributed by atoms with E-state index < -0.39 is 0 Å². The van der Waals surface area contributed by atoms with Crippen LogP contribution in [-0.2, 0) is 22.6 Å². The number of nitrogens with zero attached hydrogens (tertiary/aromatic N) is 2. The Labute approximate surface area is 177 Å². The number of imidazole rings is 1. The summed E-state index contributed by atoms with van der Waals surface area (Å²) in [5, 5.41) is 2.99. The second-order valence-electron chi connectivity index (χ2n) is 7.81. The Balaban J connectivity index is 1.41. The Morgan fingerprint density at radius 3 is 2.77 bits per heavy atom. The van der Waals surface area contributed by atoms with Crippen molar-refractivity contribution in [1.29, 1.82) is 0 Å². The smallest absolute Gasteiger partial charge is 0.249 e. The van der Waals surface area contributed by atoms with Crippen LogP contribution in [0.1, 0.15) is 36.2 Å². The molecule has 1 atom stereocenters. The number of aryl methyl sites for hydroxylation is 3. The summed E-state index contributed by atoms with van der Waals surface area (Å²) < 4.78 is 13.7. The van der Waals surface area contributed by atoms with E-state index in [0.29, 0.717) is 19.8 Å². The average Bonchev–Trinajstić information content (AvgIpc) is 3.39. The van der Waals surface area contributed by atoms with Gasteiger partial charge in [-0.05, 0) is 56.4 Å². The minimum atomic E-state index is -0.325. The molecule has 1 fully saturated rings. The van der Waals surface area contributed by atoms with E-state index in [4.69, 9.17) is 14.5 Å². The molecule has 1 N–H and O–H groups in total. The predicted molar refractivity (Wildman–Crippen MR) is 117 cm³/mol. The van der Waals surface area contributed by atoms with E-state index in [2.05, 4.69) is 41.9 Å². The summed E-state index contributed by atoms with van der Waals surface area (Å²) >= 11 is 0. The Morgan fingerprint density at radius 2 is 2.00 bits per heavy atom. The first-order valence-electron chi connectivity index (χ1n) is 10.7. The number of hydrogen-bond acceptors (Lipinski definition) is 4. The summed E-state index contributed by atoms with van der Waals surface area (Å²) in [6, 6.07) is 14.3. The highest BCUT2D eigenvalue weighted by atomic mass is 16.5. The molecule has 6 nitrogen and oxygen atoms in total. The summed E-state index contributed by atoms with van der Waals surface area (Å²) in [5.74, 6) is 1.77. The molecule has 1 aliphatic heterocycles. The van der Waals surface area contributed by atoms with Crippen LogP contribution in [0.5, 0.6) is 5.75 Å². The second kappa shape index (κ2) is 9.30. The number of carbonyl (C=O) groups is 1. The largest absolute Gasteiger partial charge is 0.493 e. The highest BCUT2D eigenvalue weighted by molar-refractivity contribution is 5.81. The zero-order valence-electron chi connectivity index (χ0n) is 17.7. The molecule has 158 valence electrons. The third-order valence-electron chi connectivity index (χ3n) is 5.56. The average molecular weight is 408 g/mol. The molecule has 1 aromatic heterocycles. The number of carbonyl (C=O) groups excluding carboxylic acids is 1. The lowest BCUT2D eigenvalue weighted by atomic mass is 10.1. The van der Waals surface area contributed by atoms with Crippen molar-refractivity contribution in [3.05, 3.63) is 59.4 Å². The van der Waals surface area contributed by atoms with Crippen LogP contribution < -0.4 is 10.1 Å². The topological polar surface area (TPSA) is 65.4 Å². The molecule has 4 rings (SSSR count). The number of aromatic nitrogens is 2. The van der Waals surface area contributed by atoms with Crippen LogP contribution >= 0.6 is 0 Å². The van der Waals surface area contributed by atoms with Gasteiger partial charge in [-0.1, -0.05) is 30.3 Å². The van der Waals surface area contributed by atoms with Gasteiger partial charge in [0.2, 0.25) is 5.91 Å². The van der Waals surface area contributed by atoms with Gasteiger partial charge < -0.3 is 19.4 Å². The maximum absolute atomic E-state index is 12.3. The van der Waals surface area contributed by atoms with Gasteiger partial charge in [0.1, 0.15) is 17.7 Å². The molecule has 0 saturated carbocycles. The van der Waals surface area contributed by atoms with E-state index in [9.17, 15) is 4.79 Å². The van der Waals surface area contributed by atoms with Crippen LogP contribution in [0.2, 0.25) is 0 Å². The first kappa shape index (κ1) is 20.4. The number of benzene rings is 2. The van der Waals surface area contributed by atoms with E-state index >= 15 is 0 Å². The first-order chi connectivity index (χ1) is 14.6. The third-order valence-corrected chi connectivity index (χ3v) is 5.56. The predicted octanol–water partition coefficient (Wildman–Crippen LogP) is 3.92. The number of rotatable bonds is 8. The number of para-hydroxylation sites is 3. The summed E-state index contributed by atoms with van der Waals surface area (Å²) in [7, 11) is 0. The lowest BCUT2D eigenvalue weighted by Crippen LogP contribution is -2.34. The Morgan fingerprint density at radius 1 is 1.20 bits per heavy atom. The maximum atomic E-state index is 12.3. The van der Waals surface area contributed by atoms with Crippen molar-refractivity contribution >= 4 is 16.9 Å². The lowest BCUT2D eigenvalue weighted by Gasteiger charge is -2.14. The molecule has 1 aliphatic rings. The van der Waals surface area contributed by atoms with E-state index in [0.717, 1.165) is 59.5 Å². The zero-order chi connectivity index (χ0) is 20.9. The molecular formula is C24H29N3O3. The minimum Gasteiger partial charge on any atom is -0.493 e. The van der Waals surface area contributed by atoms with Gasteiger partial charge in [0.25, 0.3) is 0 Å². The number of fused-ring (bicyclic) bond motifs is 1. The summed E-state index contributed by atoms with van der Waals surface area (Å²) in [5.41, 5.74) is 4.32. The fraction of sp³-hybridized carbons (Fsp3) is 0.417. The van der Waals surface area contributed by atoms with Crippen molar-refractivity contribution in [3.63, 3.8) is 0 Å². The van der Waals surface area contributed by atoms with Crippen LogP contribution in [0.3, 0.4) is 0 Å². The number of nitrogens with one attached hydrogen (secondary N) is 1. The minimum absolute atomic E-state index is 0.0514. The zero-order valence-corrected chi connectivity index (χ0v) is 17.7. The van der Waals surface area contributed by atoms with Crippen molar-refractivity contribution < 1.29 is 14.3 Å². The molecule has 0 radical (unpaired) electrons. The van der Waals surface area contributed by atoms with Crippen LogP contribution in [0.15, 0.2) is 42.5 Å². The van der Waals surface area contributed by atoms with E-state index in [1.54, 1.807) is 0 Å². The molecular weight excluding hydrogens is 378 g/mol. The molecule has 2 aromatic carbocycles. The van der Waals surface area contributed by atoms with Gasteiger partial charge >= 0.3 is 0 Å². The fourth-order valence-corrected chi connectivity index (χ4v) is 4.00. The number of ether oxygens (including phenoxy) is 2. The Kier molecular flexibility index (Phi) is 6.33. The SMILES string of the molecule is Cc1cccc(C)c1OCCCn1c(CNC(=O)C2CCCO2)nc2ccccc21. The fourth-order valence-electron chi connectivity index (χ4n) is 4.00. The van der Waals surface area contributed by atoms with Gasteiger partial charge in [-0.3, -0.25) is 4.79 Å². The number of hydrogen-bond donors (Lipinski definition) is 1. The summed E-state index contributed by atoms with van der Waals surface area (Å²) in [4.78, 5) is 17.1. The molecule has 0 spiro atoms. The van der Waals surface area contributed by atoms with Crippen LogP contribution in [0.25, 0.3) is 11.0 Å². The molecule has 1 saturated heterocycles. The molecule has 0 bridgehead atoms. The van der Waals surface area contributed by atoms with Gasteiger partial charge in [-0.2, -0.15) is 0 Å². The van der Waals surface area contributed by atoms with Crippen LogP contribution in [0, 0.1) is 13.8 Å². The van der Waals surface area contributed by atoms with Gasteiger partial charge in [0, 0.05) is 13.2 Å². The van der Waals surface area contributed by atoms with Crippen molar-refractivity contribution in [2.45, 2.75) is 52.3 Å². The van der Waals surface area contributed by atoms with E-state index in [-0.39, 0.29) is 12.0 Å². The third kappa shape index (κ3) is 4.49. The Bertz CT molecular complexity index is 1000. The van der Waals surface area contributed by atoms with Gasteiger partial charge in [0.05, 0.1) is 24.2 Å². The van der Waals surface area contributed by atoms with Crippen molar-refractivity contribution in [3.8, 4) is 5.75 Å². The quantitative estimate of drug-likeness (QED) is 0.575. The molecule has 1 amide bonds. The van der Waals surface area contributed by atoms with Crippen LogP contribution in [-0.4, -0.2) is 34.8 Å². The normalized spacial score (nSPS) is 16.1. The van der Waals surface area contributed by atoms with Crippen molar-refractivity contribution in [2.75, 3.05) is 13.2 Å². The standard InChI is InChI=1S/C24H29N3O3/c1-17-8-5-9-18(2)23(17)30-15-7-13-27-20-11-4-3-10-19(20)26-22(27)16-25-24(28)21-12-6-14-29-21/h3-5,8-11,21H,6-7,12-16H2,1-2H3,(H,25,28). The molecule has 6 heteroatoms. The molecule has 3 aromatic rings. The molecule has 1 unspecified atom stereocenters. The maximum Gasteiger partial charge on any atom is 0.249 e. The lowest BCUT2D eigenvalue weighted by molar-refractivity contribution is -0.130. The second-order valence-corrected chi connectivity index (χ2v) is 7.81. The van der Waals surface area contributed by atoms with Gasteiger partial charge in [0.15, 0.2) is 0 Å². The molecule has 30 heavy (non-hydrogen) atoms. The highest BCUT2D eigenvalue weighted by Crippen LogP contribution is 2.23. The number of amides is 1. The van der Waals surface area contributed by atoms with E-state index in [1.807, 2.05) is 24.3 Å². The molecule has 0 aliphatic carbocycles. The highest BCUT2D eigenvalue weighted by Gasteiger charge is 2.23. The van der Waals surface area contributed by atoms with Gasteiger partial charge in [-0.15, -0.1) is 0 Å².